The van der Waals surface area contributed by atoms with Gasteiger partial charge in [0.05, 0.1) is 6.04 Å². The Morgan fingerprint density at radius 2 is 1.79 bits per heavy atom. The Labute approximate surface area is 144 Å². The fourth-order valence-electron chi connectivity index (χ4n) is 3.75. The van der Waals surface area contributed by atoms with Gasteiger partial charge in [-0.1, -0.05) is 57.2 Å². The molecule has 1 N–H and O–H groups in total. The number of fused-ring (bicyclic) bond motifs is 3. The Hall–Kier alpha value is -1.84. The summed E-state index contributed by atoms with van der Waals surface area (Å²) in [5.74, 6) is 0. The highest BCUT2D eigenvalue weighted by Gasteiger charge is 2.43. The van der Waals surface area contributed by atoms with Crippen molar-refractivity contribution in [3.63, 3.8) is 0 Å². The second-order valence-electron chi connectivity index (χ2n) is 7.87. The van der Waals surface area contributed by atoms with Crippen molar-refractivity contribution in [3.05, 3.63) is 64.7 Å². The van der Waals surface area contributed by atoms with E-state index in [0.717, 1.165) is 5.69 Å². The molecule has 2 aliphatic rings. The number of nitrogens with one attached hydrogen (secondary N) is 1. The molecule has 1 saturated heterocycles. The van der Waals surface area contributed by atoms with Crippen LogP contribution in [0.3, 0.4) is 0 Å². The molecule has 3 nitrogen and oxygen atoms in total. The van der Waals surface area contributed by atoms with Gasteiger partial charge in [0.1, 0.15) is 19.0 Å². The monoisotopic (exact) mass is 323 g/mol. The fourth-order valence-corrected chi connectivity index (χ4v) is 3.75. The number of anilines is 1. The minimum atomic E-state index is -0.00634. The molecule has 0 bridgehead atoms. The van der Waals surface area contributed by atoms with E-state index in [-0.39, 0.29) is 23.7 Å². The molecule has 126 valence electrons. The fraction of sp³-hybridized carbons (Fsp3) is 0.429. The van der Waals surface area contributed by atoms with Crippen molar-refractivity contribution >= 4 is 5.69 Å². The number of ether oxygens (including phenoxy) is 2. The van der Waals surface area contributed by atoms with Crippen LogP contribution >= 0.6 is 0 Å². The van der Waals surface area contributed by atoms with Crippen LogP contribution in [0.15, 0.2) is 42.5 Å². The first-order valence-electron chi connectivity index (χ1n) is 8.65. The van der Waals surface area contributed by atoms with Gasteiger partial charge in [-0.2, -0.15) is 0 Å². The summed E-state index contributed by atoms with van der Waals surface area (Å²) in [6.07, 6.45) is 0.00183. The molecular formula is C21H25NO2. The van der Waals surface area contributed by atoms with Crippen LogP contribution in [0, 0.1) is 6.92 Å². The predicted octanol–water partition coefficient (Wildman–Crippen LogP) is 4.87. The Kier molecular flexibility index (Phi) is 3.66. The van der Waals surface area contributed by atoms with Crippen molar-refractivity contribution in [1.29, 1.82) is 0 Å². The summed E-state index contributed by atoms with van der Waals surface area (Å²) < 4.78 is 12.0. The van der Waals surface area contributed by atoms with Crippen molar-refractivity contribution < 1.29 is 9.47 Å². The third-order valence-electron chi connectivity index (χ3n) is 5.19. The summed E-state index contributed by atoms with van der Waals surface area (Å²) in [6.45, 7) is 9.23. The minimum absolute atomic E-state index is 0.00634. The molecule has 0 saturated carbocycles. The molecule has 0 spiro atoms. The lowest BCUT2D eigenvalue weighted by Gasteiger charge is -2.36. The van der Waals surface area contributed by atoms with E-state index in [0.29, 0.717) is 6.79 Å². The van der Waals surface area contributed by atoms with Gasteiger partial charge in [-0.3, -0.25) is 0 Å². The lowest BCUT2D eigenvalue weighted by atomic mass is 9.82. The Balaban J connectivity index is 1.78. The molecule has 0 aliphatic carbocycles. The van der Waals surface area contributed by atoms with E-state index < -0.39 is 0 Å². The molecule has 2 heterocycles. The van der Waals surface area contributed by atoms with Crippen LogP contribution in [0.1, 0.15) is 55.2 Å². The molecule has 3 atom stereocenters. The SMILES string of the molecule is Cc1ccccc1C1Nc2ccc(C(C)(C)C)cc2C2OCOC12. The third kappa shape index (κ3) is 2.52. The van der Waals surface area contributed by atoms with Gasteiger partial charge < -0.3 is 14.8 Å². The standard InChI is InChI=1S/C21H25NO2/c1-13-7-5-6-8-15(13)18-20-19(23-12-24-20)16-11-14(21(2,3)4)9-10-17(16)22-18/h5-11,18-20,22H,12H2,1-4H3. The van der Waals surface area contributed by atoms with Crippen molar-refractivity contribution in [3.8, 4) is 0 Å². The van der Waals surface area contributed by atoms with Gasteiger partial charge in [0, 0.05) is 11.3 Å². The first-order valence-corrected chi connectivity index (χ1v) is 8.65. The summed E-state index contributed by atoms with van der Waals surface area (Å²) in [4.78, 5) is 0. The Morgan fingerprint density at radius 3 is 2.54 bits per heavy atom. The van der Waals surface area contributed by atoms with Crippen molar-refractivity contribution in [1.82, 2.24) is 0 Å². The van der Waals surface area contributed by atoms with E-state index >= 15 is 0 Å². The molecule has 1 fully saturated rings. The van der Waals surface area contributed by atoms with Crippen LogP contribution in [0.25, 0.3) is 0 Å². The molecular weight excluding hydrogens is 298 g/mol. The maximum absolute atomic E-state index is 5.98. The lowest BCUT2D eigenvalue weighted by molar-refractivity contribution is 0.0366. The number of rotatable bonds is 1. The van der Waals surface area contributed by atoms with Gasteiger partial charge >= 0.3 is 0 Å². The van der Waals surface area contributed by atoms with E-state index in [1.807, 2.05) is 0 Å². The summed E-state index contributed by atoms with van der Waals surface area (Å²) >= 11 is 0. The molecule has 24 heavy (non-hydrogen) atoms. The van der Waals surface area contributed by atoms with Crippen molar-refractivity contribution in [2.24, 2.45) is 0 Å². The number of hydrogen-bond acceptors (Lipinski definition) is 3. The molecule has 0 aromatic heterocycles. The first-order chi connectivity index (χ1) is 11.4. The van der Waals surface area contributed by atoms with Gasteiger partial charge in [0.25, 0.3) is 0 Å². The summed E-state index contributed by atoms with van der Waals surface area (Å²) in [7, 11) is 0. The summed E-state index contributed by atoms with van der Waals surface area (Å²) in [5, 5.41) is 3.70. The Morgan fingerprint density at radius 1 is 1.00 bits per heavy atom. The van der Waals surface area contributed by atoms with Crippen LogP contribution < -0.4 is 5.32 Å². The molecule has 3 unspecified atom stereocenters. The first kappa shape index (κ1) is 15.7. The van der Waals surface area contributed by atoms with E-state index in [2.05, 4.69) is 75.5 Å². The average Bonchev–Trinajstić information content (AvgIpc) is 3.03. The number of hydrogen-bond donors (Lipinski definition) is 1. The number of aryl methyl sites for hydroxylation is 1. The van der Waals surface area contributed by atoms with Crippen LogP contribution in [-0.4, -0.2) is 12.9 Å². The van der Waals surface area contributed by atoms with Gasteiger partial charge in [-0.25, -0.2) is 0 Å². The summed E-state index contributed by atoms with van der Waals surface area (Å²) in [6, 6.07) is 15.3. The highest BCUT2D eigenvalue weighted by Crippen LogP contribution is 2.46. The largest absolute Gasteiger partial charge is 0.375 e. The van der Waals surface area contributed by atoms with E-state index in [1.54, 1.807) is 0 Å². The normalized spacial score (nSPS) is 25.8. The quantitative estimate of drug-likeness (QED) is 0.812. The molecule has 0 amide bonds. The zero-order valence-electron chi connectivity index (χ0n) is 14.8. The topological polar surface area (TPSA) is 30.5 Å². The van der Waals surface area contributed by atoms with Gasteiger partial charge in [0.2, 0.25) is 0 Å². The molecule has 3 heteroatoms. The molecule has 0 radical (unpaired) electrons. The van der Waals surface area contributed by atoms with Crippen LogP contribution in [0.2, 0.25) is 0 Å². The van der Waals surface area contributed by atoms with Gasteiger partial charge in [-0.15, -0.1) is 0 Å². The summed E-state index contributed by atoms with van der Waals surface area (Å²) in [5.41, 5.74) is 6.38. The van der Waals surface area contributed by atoms with Gasteiger partial charge in [0.15, 0.2) is 0 Å². The molecule has 4 rings (SSSR count). The zero-order chi connectivity index (χ0) is 16.9. The smallest absolute Gasteiger partial charge is 0.148 e. The predicted molar refractivity (Wildman–Crippen MR) is 96.3 cm³/mol. The minimum Gasteiger partial charge on any atom is -0.375 e. The highest BCUT2D eigenvalue weighted by atomic mass is 16.7. The second kappa shape index (κ2) is 5.61. The Bertz CT molecular complexity index is 763. The molecule has 2 aliphatic heterocycles. The van der Waals surface area contributed by atoms with E-state index in [4.69, 9.17) is 9.47 Å². The van der Waals surface area contributed by atoms with E-state index in [9.17, 15) is 0 Å². The average molecular weight is 323 g/mol. The van der Waals surface area contributed by atoms with Crippen molar-refractivity contribution in [2.75, 3.05) is 12.1 Å². The zero-order valence-corrected chi connectivity index (χ0v) is 14.8. The van der Waals surface area contributed by atoms with Gasteiger partial charge in [-0.05, 0) is 35.1 Å². The third-order valence-corrected chi connectivity index (χ3v) is 5.19. The molecule has 2 aromatic rings. The van der Waals surface area contributed by atoms with E-state index in [1.165, 1.54) is 22.3 Å². The van der Waals surface area contributed by atoms with Crippen LogP contribution in [0.4, 0.5) is 5.69 Å². The second-order valence-corrected chi connectivity index (χ2v) is 7.87. The maximum atomic E-state index is 5.98. The molecule has 2 aromatic carbocycles. The number of benzene rings is 2. The van der Waals surface area contributed by atoms with Crippen LogP contribution in [-0.2, 0) is 14.9 Å². The van der Waals surface area contributed by atoms with Crippen LogP contribution in [0.5, 0.6) is 0 Å². The maximum Gasteiger partial charge on any atom is 0.148 e. The highest BCUT2D eigenvalue weighted by molar-refractivity contribution is 5.60. The lowest BCUT2D eigenvalue weighted by Crippen LogP contribution is -2.35. The van der Waals surface area contributed by atoms with Crippen molar-refractivity contribution in [2.45, 2.75) is 51.4 Å².